The van der Waals surface area contributed by atoms with Gasteiger partial charge in [0.05, 0.1) is 0 Å². The summed E-state index contributed by atoms with van der Waals surface area (Å²) in [6.07, 6.45) is 5.87. The molecule has 1 aromatic heterocycles. The summed E-state index contributed by atoms with van der Waals surface area (Å²) >= 11 is 0. The van der Waals surface area contributed by atoms with E-state index in [1.54, 1.807) is 0 Å². The monoisotopic (exact) mass is 349 g/mol. The summed E-state index contributed by atoms with van der Waals surface area (Å²) < 4.78 is 5.94. The minimum atomic E-state index is -0.131. The van der Waals surface area contributed by atoms with Crippen LogP contribution in [0, 0.1) is 6.92 Å². The molecular formula is C23H27NO2. The smallest absolute Gasteiger partial charge is 0.287 e. The van der Waals surface area contributed by atoms with E-state index in [2.05, 4.69) is 31.3 Å². The number of nitrogens with one attached hydrogen (secondary N) is 1. The number of carbonyl (C=O) groups excluding carboxylic acids is 1. The number of carbonyl (C=O) groups is 1. The molecule has 0 aliphatic carbocycles. The maximum absolute atomic E-state index is 12.8. The van der Waals surface area contributed by atoms with E-state index in [0.717, 1.165) is 40.5 Å². The predicted octanol–water partition coefficient (Wildman–Crippen LogP) is 6.11. The average Bonchev–Trinajstić information content (AvgIpc) is 3.04. The molecule has 3 rings (SSSR count). The highest BCUT2D eigenvalue weighted by Crippen LogP contribution is 2.35. The van der Waals surface area contributed by atoms with Crippen molar-refractivity contribution < 1.29 is 9.21 Å². The van der Waals surface area contributed by atoms with Gasteiger partial charge in [0, 0.05) is 17.5 Å². The van der Waals surface area contributed by atoms with Gasteiger partial charge in [-0.25, -0.2) is 0 Å². The Balaban J connectivity index is 1.83. The van der Waals surface area contributed by atoms with Gasteiger partial charge in [0.2, 0.25) is 5.76 Å². The molecule has 0 bridgehead atoms. The lowest BCUT2D eigenvalue weighted by Crippen LogP contribution is -2.24. The number of benzene rings is 2. The van der Waals surface area contributed by atoms with Gasteiger partial charge in [0.25, 0.3) is 5.91 Å². The third-order valence-electron chi connectivity index (χ3n) is 4.67. The van der Waals surface area contributed by atoms with Crippen LogP contribution in [0.5, 0.6) is 0 Å². The van der Waals surface area contributed by atoms with E-state index in [4.69, 9.17) is 4.42 Å². The molecule has 0 unspecified atom stereocenters. The summed E-state index contributed by atoms with van der Waals surface area (Å²) in [5.41, 5.74) is 3.81. The van der Waals surface area contributed by atoms with Gasteiger partial charge in [-0.05, 0) is 25.0 Å². The maximum Gasteiger partial charge on any atom is 0.287 e. The zero-order valence-corrected chi connectivity index (χ0v) is 15.7. The molecular weight excluding hydrogens is 322 g/mol. The molecule has 0 spiro atoms. The first-order valence-corrected chi connectivity index (χ1v) is 9.57. The van der Waals surface area contributed by atoms with Gasteiger partial charge in [-0.1, -0.05) is 80.6 Å². The molecule has 0 aliphatic heterocycles. The van der Waals surface area contributed by atoms with Crippen molar-refractivity contribution in [3.63, 3.8) is 0 Å². The maximum atomic E-state index is 12.8. The highest BCUT2D eigenvalue weighted by Gasteiger charge is 2.21. The average molecular weight is 349 g/mol. The van der Waals surface area contributed by atoms with Crippen LogP contribution in [-0.2, 0) is 0 Å². The standard InChI is InChI=1S/C23H27NO2/c1-3-4-5-6-9-15-24-23(25)22-21(18-12-10-11-17(2)16-18)19-13-7-8-14-20(19)26-22/h7-8,10-14,16H,3-6,9,15H2,1-2H3,(H,24,25). The Hall–Kier alpha value is -2.55. The van der Waals surface area contributed by atoms with Gasteiger partial charge in [0.15, 0.2) is 0 Å². The molecule has 1 amide bonds. The van der Waals surface area contributed by atoms with Crippen molar-refractivity contribution in [2.45, 2.75) is 46.0 Å². The second-order valence-electron chi connectivity index (χ2n) is 6.84. The molecule has 136 valence electrons. The summed E-state index contributed by atoms with van der Waals surface area (Å²) in [6.45, 7) is 4.95. The molecule has 3 heteroatoms. The number of amides is 1. The first kappa shape index (κ1) is 18.2. The lowest BCUT2D eigenvalue weighted by molar-refractivity contribution is 0.0928. The van der Waals surface area contributed by atoms with E-state index in [0.29, 0.717) is 12.3 Å². The van der Waals surface area contributed by atoms with Crippen LogP contribution < -0.4 is 5.32 Å². The van der Waals surface area contributed by atoms with Crippen molar-refractivity contribution in [2.24, 2.45) is 0 Å². The second kappa shape index (κ2) is 8.70. The van der Waals surface area contributed by atoms with Crippen LogP contribution in [0.3, 0.4) is 0 Å². The number of furan rings is 1. The van der Waals surface area contributed by atoms with E-state index in [9.17, 15) is 4.79 Å². The fraction of sp³-hybridized carbons (Fsp3) is 0.348. The number of unbranched alkanes of at least 4 members (excludes halogenated alkanes) is 4. The fourth-order valence-electron chi connectivity index (χ4n) is 3.30. The molecule has 1 N–H and O–H groups in total. The molecule has 0 radical (unpaired) electrons. The van der Waals surface area contributed by atoms with Gasteiger partial charge in [-0.3, -0.25) is 4.79 Å². The van der Waals surface area contributed by atoms with Crippen molar-refractivity contribution in [3.8, 4) is 11.1 Å². The molecule has 3 aromatic rings. The second-order valence-corrected chi connectivity index (χ2v) is 6.84. The van der Waals surface area contributed by atoms with E-state index >= 15 is 0 Å². The van der Waals surface area contributed by atoms with Gasteiger partial charge < -0.3 is 9.73 Å². The zero-order valence-electron chi connectivity index (χ0n) is 15.7. The molecule has 0 atom stereocenters. The van der Waals surface area contributed by atoms with Gasteiger partial charge >= 0.3 is 0 Å². The van der Waals surface area contributed by atoms with E-state index < -0.39 is 0 Å². The summed E-state index contributed by atoms with van der Waals surface area (Å²) in [5.74, 6) is 0.276. The number of hydrogen-bond acceptors (Lipinski definition) is 2. The summed E-state index contributed by atoms with van der Waals surface area (Å²) in [6, 6.07) is 16.0. The minimum Gasteiger partial charge on any atom is -0.450 e. The predicted molar refractivity (Wildman–Crippen MR) is 107 cm³/mol. The minimum absolute atomic E-state index is 0.131. The van der Waals surface area contributed by atoms with Crippen LogP contribution in [0.1, 0.15) is 55.1 Å². The third kappa shape index (κ3) is 4.16. The Kier molecular flexibility index (Phi) is 6.11. The summed E-state index contributed by atoms with van der Waals surface area (Å²) in [5, 5.41) is 4.01. The topological polar surface area (TPSA) is 42.2 Å². The lowest BCUT2D eigenvalue weighted by atomic mass is 10.00. The van der Waals surface area contributed by atoms with Crippen LogP contribution in [-0.4, -0.2) is 12.5 Å². The Morgan fingerprint density at radius 1 is 1.00 bits per heavy atom. The molecule has 0 fully saturated rings. The molecule has 0 saturated heterocycles. The van der Waals surface area contributed by atoms with Gasteiger partial charge in [0.1, 0.15) is 5.58 Å². The quantitative estimate of drug-likeness (QED) is 0.499. The van der Waals surface area contributed by atoms with Crippen molar-refractivity contribution in [1.82, 2.24) is 5.32 Å². The van der Waals surface area contributed by atoms with Crippen molar-refractivity contribution in [1.29, 1.82) is 0 Å². The SMILES string of the molecule is CCCCCCCNC(=O)c1oc2ccccc2c1-c1cccc(C)c1. The van der Waals surface area contributed by atoms with Crippen molar-refractivity contribution >= 4 is 16.9 Å². The van der Waals surface area contributed by atoms with Gasteiger partial charge in [-0.2, -0.15) is 0 Å². The normalized spacial score (nSPS) is 11.0. The number of rotatable bonds is 8. The van der Waals surface area contributed by atoms with Crippen LogP contribution in [0.2, 0.25) is 0 Å². The van der Waals surface area contributed by atoms with Crippen LogP contribution >= 0.6 is 0 Å². The fourth-order valence-corrected chi connectivity index (χ4v) is 3.30. The first-order chi connectivity index (χ1) is 12.7. The highest BCUT2D eigenvalue weighted by atomic mass is 16.3. The van der Waals surface area contributed by atoms with E-state index in [-0.39, 0.29) is 5.91 Å². The number of aryl methyl sites for hydroxylation is 1. The molecule has 3 nitrogen and oxygen atoms in total. The molecule has 1 heterocycles. The Morgan fingerprint density at radius 2 is 1.81 bits per heavy atom. The summed E-state index contributed by atoms with van der Waals surface area (Å²) in [7, 11) is 0. The molecule has 0 aliphatic rings. The van der Waals surface area contributed by atoms with E-state index in [1.807, 2.05) is 36.4 Å². The Labute approximate surface area is 155 Å². The van der Waals surface area contributed by atoms with E-state index in [1.165, 1.54) is 19.3 Å². The van der Waals surface area contributed by atoms with Crippen molar-refractivity contribution in [2.75, 3.05) is 6.54 Å². The first-order valence-electron chi connectivity index (χ1n) is 9.57. The molecule has 26 heavy (non-hydrogen) atoms. The highest BCUT2D eigenvalue weighted by molar-refractivity contribution is 6.07. The third-order valence-corrected chi connectivity index (χ3v) is 4.67. The Bertz CT molecular complexity index is 879. The summed E-state index contributed by atoms with van der Waals surface area (Å²) in [4.78, 5) is 12.8. The molecule has 2 aromatic carbocycles. The Morgan fingerprint density at radius 3 is 2.62 bits per heavy atom. The number of fused-ring (bicyclic) bond motifs is 1. The van der Waals surface area contributed by atoms with Crippen LogP contribution in [0.25, 0.3) is 22.1 Å². The molecule has 0 saturated carbocycles. The number of hydrogen-bond donors (Lipinski definition) is 1. The van der Waals surface area contributed by atoms with Crippen LogP contribution in [0.4, 0.5) is 0 Å². The lowest BCUT2D eigenvalue weighted by Gasteiger charge is -2.06. The van der Waals surface area contributed by atoms with Crippen LogP contribution in [0.15, 0.2) is 52.9 Å². The largest absolute Gasteiger partial charge is 0.450 e. The number of para-hydroxylation sites is 1. The van der Waals surface area contributed by atoms with Crippen molar-refractivity contribution in [3.05, 3.63) is 59.9 Å². The van der Waals surface area contributed by atoms with Gasteiger partial charge in [-0.15, -0.1) is 0 Å². The zero-order chi connectivity index (χ0) is 18.4.